The summed E-state index contributed by atoms with van der Waals surface area (Å²) in [5.41, 5.74) is 0. The topological polar surface area (TPSA) is 68.0 Å². The maximum atomic E-state index is 10.7. The van der Waals surface area contributed by atoms with Gasteiger partial charge in [0.15, 0.2) is 5.16 Å². The Morgan fingerprint density at radius 3 is 2.60 bits per heavy atom. The molecule has 0 amide bonds. The molecule has 1 heterocycles. The molecule has 2 saturated carbocycles. The van der Waals surface area contributed by atoms with Gasteiger partial charge in [0.25, 0.3) is 0 Å². The van der Waals surface area contributed by atoms with Gasteiger partial charge in [0.2, 0.25) is 0 Å². The molecule has 1 N–H and O–H groups in total. The van der Waals surface area contributed by atoms with E-state index in [0.29, 0.717) is 11.8 Å². The van der Waals surface area contributed by atoms with Gasteiger partial charge in [-0.1, -0.05) is 31.0 Å². The van der Waals surface area contributed by atoms with Crippen LogP contribution in [0.2, 0.25) is 0 Å². The van der Waals surface area contributed by atoms with Crippen LogP contribution in [0.5, 0.6) is 0 Å². The first-order chi connectivity index (χ1) is 9.74. The van der Waals surface area contributed by atoms with E-state index < -0.39 is 5.97 Å². The normalized spacial score (nSPS) is 20.2. The van der Waals surface area contributed by atoms with E-state index in [4.69, 9.17) is 5.11 Å². The summed E-state index contributed by atoms with van der Waals surface area (Å²) in [5.74, 6) is 1.62. The highest BCUT2D eigenvalue weighted by Gasteiger charge is 2.31. The number of rotatable bonds is 6. The molecule has 2 aliphatic rings. The molecule has 3 rings (SSSR count). The fourth-order valence-corrected chi connectivity index (χ4v) is 3.65. The molecule has 5 nitrogen and oxygen atoms in total. The van der Waals surface area contributed by atoms with Crippen LogP contribution >= 0.6 is 11.8 Å². The van der Waals surface area contributed by atoms with Crippen LogP contribution < -0.4 is 0 Å². The molecule has 0 aromatic carbocycles. The Kier molecular flexibility index (Phi) is 4.29. The maximum absolute atomic E-state index is 10.7. The van der Waals surface area contributed by atoms with Crippen molar-refractivity contribution < 1.29 is 9.90 Å². The van der Waals surface area contributed by atoms with E-state index in [-0.39, 0.29) is 5.75 Å². The lowest BCUT2D eigenvalue weighted by Crippen LogP contribution is -2.17. The van der Waals surface area contributed by atoms with Gasteiger partial charge in [0.05, 0.1) is 5.75 Å². The van der Waals surface area contributed by atoms with Crippen molar-refractivity contribution in [1.82, 2.24) is 14.8 Å². The number of aromatic nitrogens is 3. The van der Waals surface area contributed by atoms with E-state index >= 15 is 0 Å². The quantitative estimate of drug-likeness (QED) is 0.817. The number of aliphatic carboxylic acids is 1. The number of hydrogen-bond acceptors (Lipinski definition) is 4. The Bertz CT molecular complexity index is 479. The second kappa shape index (κ2) is 6.16. The smallest absolute Gasteiger partial charge is 0.313 e. The molecule has 0 atom stereocenters. The highest BCUT2D eigenvalue weighted by molar-refractivity contribution is 7.99. The number of carboxylic acid groups (broad SMARTS) is 1. The molecule has 20 heavy (non-hydrogen) atoms. The minimum absolute atomic E-state index is 0.0630. The van der Waals surface area contributed by atoms with Crippen LogP contribution in [0.15, 0.2) is 5.16 Å². The number of hydrogen-bond donors (Lipinski definition) is 1. The lowest BCUT2D eigenvalue weighted by atomic mass is 9.89. The van der Waals surface area contributed by atoms with E-state index in [9.17, 15) is 4.79 Å². The van der Waals surface area contributed by atoms with E-state index in [1.807, 2.05) is 0 Å². The highest BCUT2D eigenvalue weighted by atomic mass is 32.2. The lowest BCUT2D eigenvalue weighted by Gasteiger charge is -2.23. The van der Waals surface area contributed by atoms with Gasteiger partial charge in [-0.15, -0.1) is 10.2 Å². The highest BCUT2D eigenvalue weighted by Crippen LogP contribution is 2.40. The monoisotopic (exact) mass is 295 g/mol. The summed E-state index contributed by atoms with van der Waals surface area (Å²) < 4.78 is 2.21. The molecule has 2 fully saturated rings. The average molecular weight is 295 g/mol. The van der Waals surface area contributed by atoms with Gasteiger partial charge in [-0.2, -0.15) is 0 Å². The van der Waals surface area contributed by atoms with Crippen LogP contribution in [0, 0.1) is 5.92 Å². The van der Waals surface area contributed by atoms with E-state index in [1.54, 1.807) is 0 Å². The van der Waals surface area contributed by atoms with E-state index in [2.05, 4.69) is 14.8 Å². The molecule has 0 spiro atoms. The number of nitrogens with zero attached hydrogens (tertiary/aromatic N) is 3. The molecule has 0 saturated heterocycles. The molecule has 110 valence electrons. The van der Waals surface area contributed by atoms with Crippen molar-refractivity contribution in [1.29, 1.82) is 0 Å². The maximum Gasteiger partial charge on any atom is 0.313 e. The third-order valence-electron chi connectivity index (χ3n) is 4.18. The average Bonchev–Trinajstić information content (AvgIpc) is 3.21. The lowest BCUT2D eigenvalue weighted by molar-refractivity contribution is -0.133. The van der Waals surface area contributed by atoms with Crippen molar-refractivity contribution in [2.75, 3.05) is 5.75 Å². The number of carbonyl (C=O) groups is 1. The predicted molar refractivity (Wildman–Crippen MR) is 76.9 cm³/mol. The Morgan fingerprint density at radius 2 is 1.95 bits per heavy atom. The van der Waals surface area contributed by atoms with Crippen LogP contribution in [0.25, 0.3) is 0 Å². The van der Waals surface area contributed by atoms with Crippen LogP contribution in [-0.4, -0.2) is 31.6 Å². The molecule has 0 aliphatic heterocycles. The molecule has 0 unspecified atom stereocenters. The zero-order chi connectivity index (χ0) is 13.9. The Balaban J connectivity index is 1.73. The third kappa shape index (κ3) is 3.34. The third-order valence-corrected chi connectivity index (χ3v) is 5.13. The number of carboxylic acids is 1. The molecular formula is C14H21N3O2S. The van der Waals surface area contributed by atoms with Crippen LogP contribution in [0.3, 0.4) is 0 Å². The summed E-state index contributed by atoms with van der Waals surface area (Å²) in [5, 5.41) is 18.2. The summed E-state index contributed by atoms with van der Waals surface area (Å²) in [6, 6.07) is 0. The standard InChI is InChI=1S/C14H21N3O2S/c18-12(19)9-20-14-16-15-13(11-6-7-11)17(14)8-10-4-2-1-3-5-10/h10-11H,1-9H2,(H,18,19). The van der Waals surface area contributed by atoms with Crippen LogP contribution in [-0.2, 0) is 11.3 Å². The van der Waals surface area contributed by atoms with Crippen molar-refractivity contribution in [3.63, 3.8) is 0 Å². The summed E-state index contributed by atoms with van der Waals surface area (Å²) in [6.45, 7) is 0.973. The first-order valence-corrected chi connectivity index (χ1v) is 8.50. The zero-order valence-corrected chi connectivity index (χ0v) is 12.4. The Hall–Kier alpha value is -1.04. The zero-order valence-electron chi connectivity index (χ0n) is 11.6. The minimum atomic E-state index is -0.796. The Morgan fingerprint density at radius 1 is 1.20 bits per heavy atom. The predicted octanol–water partition coefficient (Wildman–Crippen LogP) is 2.91. The minimum Gasteiger partial charge on any atom is -0.481 e. The van der Waals surface area contributed by atoms with Gasteiger partial charge in [-0.25, -0.2) is 0 Å². The largest absolute Gasteiger partial charge is 0.481 e. The van der Waals surface area contributed by atoms with Crippen LogP contribution in [0.1, 0.15) is 56.7 Å². The van der Waals surface area contributed by atoms with Crippen molar-refractivity contribution in [3.8, 4) is 0 Å². The van der Waals surface area contributed by atoms with E-state index in [1.165, 1.54) is 56.7 Å². The summed E-state index contributed by atoms with van der Waals surface area (Å²) in [6.07, 6.45) is 8.97. The molecule has 0 radical (unpaired) electrons. The van der Waals surface area contributed by atoms with Crippen LogP contribution in [0.4, 0.5) is 0 Å². The molecule has 1 aromatic heterocycles. The van der Waals surface area contributed by atoms with Crippen molar-refractivity contribution in [2.45, 2.75) is 62.6 Å². The second-order valence-electron chi connectivity index (χ2n) is 5.91. The summed E-state index contributed by atoms with van der Waals surface area (Å²) >= 11 is 1.30. The Labute approximate surface area is 123 Å². The first kappa shape index (κ1) is 13.9. The fraction of sp³-hybridized carbons (Fsp3) is 0.786. The van der Waals surface area contributed by atoms with Gasteiger partial charge in [-0.05, 0) is 31.6 Å². The van der Waals surface area contributed by atoms with Gasteiger partial charge in [-0.3, -0.25) is 4.79 Å². The molecule has 0 bridgehead atoms. The molecule has 6 heteroatoms. The molecule has 1 aromatic rings. The van der Waals surface area contributed by atoms with E-state index in [0.717, 1.165) is 17.5 Å². The van der Waals surface area contributed by atoms with Crippen molar-refractivity contribution >= 4 is 17.7 Å². The van der Waals surface area contributed by atoms with Crippen molar-refractivity contribution in [3.05, 3.63) is 5.82 Å². The first-order valence-electron chi connectivity index (χ1n) is 7.51. The molecular weight excluding hydrogens is 274 g/mol. The van der Waals surface area contributed by atoms with Gasteiger partial charge in [0.1, 0.15) is 5.82 Å². The second-order valence-corrected chi connectivity index (χ2v) is 6.85. The summed E-state index contributed by atoms with van der Waals surface area (Å²) in [4.78, 5) is 10.7. The van der Waals surface area contributed by atoms with Gasteiger partial charge >= 0.3 is 5.97 Å². The van der Waals surface area contributed by atoms with Gasteiger partial charge < -0.3 is 9.67 Å². The number of thioether (sulfide) groups is 1. The summed E-state index contributed by atoms with van der Waals surface area (Å²) in [7, 11) is 0. The SMILES string of the molecule is O=C(O)CSc1nnc(C2CC2)n1CC1CCCCC1. The fourth-order valence-electron chi connectivity index (χ4n) is 2.98. The molecule has 2 aliphatic carbocycles. The van der Waals surface area contributed by atoms with Crippen molar-refractivity contribution in [2.24, 2.45) is 5.92 Å². The van der Waals surface area contributed by atoms with Gasteiger partial charge in [0, 0.05) is 12.5 Å².